The van der Waals surface area contributed by atoms with Gasteiger partial charge in [0.05, 0.1) is 20.6 Å². The number of esters is 1. The van der Waals surface area contributed by atoms with Crippen molar-refractivity contribution in [1.29, 1.82) is 0 Å². The van der Waals surface area contributed by atoms with Crippen molar-refractivity contribution in [3.63, 3.8) is 0 Å². The Bertz CT molecular complexity index is 1030. The van der Waals surface area contributed by atoms with Gasteiger partial charge in [0.1, 0.15) is 5.56 Å². The van der Waals surface area contributed by atoms with Gasteiger partial charge in [-0.1, -0.05) is 6.07 Å². The van der Waals surface area contributed by atoms with Crippen molar-refractivity contribution in [3.8, 4) is 23.0 Å². The van der Waals surface area contributed by atoms with Crippen LogP contribution in [0.15, 0.2) is 24.3 Å². The summed E-state index contributed by atoms with van der Waals surface area (Å²) in [6.45, 7) is 1.30. The van der Waals surface area contributed by atoms with Crippen LogP contribution in [-0.4, -0.2) is 44.7 Å². The van der Waals surface area contributed by atoms with Crippen molar-refractivity contribution in [2.75, 3.05) is 34.2 Å². The van der Waals surface area contributed by atoms with Crippen LogP contribution in [0.1, 0.15) is 39.2 Å². The normalized spacial score (nSPS) is 25.3. The van der Waals surface area contributed by atoms with Crippen LogP contribution in [0.5, 0.6) is 23.0 Å². The first kappa shape index (κ1) is 16.1. The van der Waals surface area contributed by atoms with Crippen LogP contribution in [0.3, 0.4) is 0 Å². The van der Waals surface area contributed by atoms with Crippen molar-refractivity contribution in [2.45, 2.75) is 18.6 Å². The maximum atomic E-state index is 12.8. The number of hydrogen-bond acceptors (Lipinski definition) is 6. The lowest BCUT2D eigenvalue weighted by Gasteiger charge is -2.44. The van der Waals surface area contributed by atoms with E-state index in [2.05, 4.69) is 26.2 Å². The average molecular weight is 382 g/mol. The van der Waals surface area contributed by atoms with Crippen LogP contribution in [0.2, 0.25) is 0 Å². The van der Waals surface area contributed by atoms with Crippen LogP contribution in [0.25, 0.3) is 0 Å². The Labute approximate surface area is 161 Å². The number of ether oxygens (including phenoxy) is 5. The topological polar surface area (TPSA) is 63.2 Å². The third-order valence-corrected chi connectivity index (χ3v) is 6.27. The number of carbonyl (C=O) groups is 1. The molecule has 2 aromatic rings. The van der Waals surface area contributed by atoms with Crippen molar-refractivity contribution < 1.29 is 33.0 Å². The number of fused-ring (bicyclic) bond motifs is 5. The summed E-state index contributed by atoms with van der Waals surface area (Å²) in [6.07, 6.45) is 0.538. The Kier molecular flexibility index (Phi) is 3.05. The second-order valence-corrected chi connectivity index (χ2v) is 8.19. The maximum absolute atomic E-state index is 12.8. The summed E-state index contributed by atoms with van der Waals surface area (Å²) in [4.78, 5) is 12.8. The zero-order valence-electron chi connectivity index (χ0n) is 15.7. The molecule has 0 unspecified atom stereocenters. The second-order valence-electron chi connectivity index (χ2n) is 8.19. The zero-order valence-corrected chi connectivity index (χ0v) is 15.7. The summed E-state index contributed by atoms with van der Waals surface area (Å²) in [5, 5.41) is 0. The van der Waals surface area contributed by atoms with Crippen LogP contribution in [-0.2, 0) is 11.2 Å². The van der Waals surface area contributed by atoms with Crippen molar-refractivity contribution in [2.24, 2.45) is 0 Å². The van der Waals surface area contributed by atoms with Crippen molar-refractivity contribution >= 4 is 5.97 Å². The van der Waals surface area contributed by atoms with E-state index in [0.717, 1.165) is 35.6 Å². The number of benzene rings is 2. The van der Waals surface area contributed by atoms with Gasteiger partial charge in [0, 0.05) is 17.5 Å². The van der Waals surface area contributed by atoms with E-state index in [0.29, 0.717) is 21.5 Å². The van der Waals surface area contributed by atoms with Gasteiger partial charge in [-0.3, -0.25) is 0 Å². The van der Waals surface area contributed by atoms with E-state index in [9.17, 15) is 4.79 Å². The zero-order chi connectivity index (χ0) is 19.0. The lowest BCUT2D eigenvalue weighted by atomic mass is 9.84. The van der Waals surface area contributed by atoms with E-state index in [1.165, 1.54) is 5.56 Å². The van der Waals surface area contributed by atoms with Crippen molar-refractivity contribution in [1.82, 2.24) is 0 Å². The van der Waals surface area contributed by atoms with Gasteiger partial charge in [0.2, 0.25) is 13.6 Å². The molecule has 4 aliphatic rings. The molecule has 0 bridgehead atoms. The van der Waals surface area contributed by atoms with Crippen LogP contribution in [0, 0.1) is 0 Å². The van der Waals surface area contributed by atoms with Gasteiger partial charge in [-0.05, 0) is 23.8 Å². The standard InChI is InChI=1S/C21H20NO6/c1-22(2)6-5-11-7-15-16(26-9-25-15)8-13(11)18(22)19-12-3-4-14-20(27-10-24-14)17(12)21(23)28-19/h3-4,7-8,18-19H,5-6,9-10H2,1-2H3/q+1/t18-,19+/m0/s1. The van der Waals surface area contributed by atoms with E-state index in [1.807, 2.05) is 12.1 Å². The summed E-state index contributed by atoms with van der Waals surface area (Å²) in [7, 11) is 4.36. The summed E-state index contributed by atoms with van der Waals surface area (Å²) < 4.78 is 28.8. The van der Waals surface area contributed by atoms with Crippen LogP contribution in [0.4, 0.5) is 0 Å². The smallest absolute Gasteiger partial charge is 0.343 e. The predicted octanol–water partition coefficient (Wildman–Crippen LogP) is 2.73. The molecule has 4 heterocycles. The van der Waals surface area contributed by atoms with Crippen LogP contribution >= 0.6 is 0 Å². The first-order valence-electron chi connectivity index (χ1n) is 9.41. The molecule has 144 valence electrons. The molecule has 0 aromatic heterocycles. The van der Waals surface area contributed by atoms with Crippen LogP contribution < -0.4 is 18.9 Å². The van der Waals surface area contributed by atoms with E-state index in [1.54, 1.807) is 0 Å². The number of carbonyl (C=O) groups excluding carboxylic acids is 1. The summed E-state index contributed by atoms with van der Waals surface area (Å²) in [5.41, 5.74) is 3.71. The minimum absolute atomic E-state index is 0.0520. The molecule has 0 aliphatic carbocycles. The Hall–Kier alpha value is -2.93. The van der Waals surface area contributed by atoms with E-state index in [4.69, 9.17) is 23.7 Å². The average Bonchev–Trinajstić information content (AvgIpc) is 3.37. The monoisotopic (exact) mass is 382 g/mol. The lowest BCUT2D eigenvalue weighted by Crippen LogP contribution is -2.50. The third kappa shape index (κ3) is 2.05. The van der Waals surface area contributed by atoms with E-state index < -0.39 is 6.10 Å². The minimum atomic E-state index is -0.397. The first-order chi connectivity index (χ1) is 13.5. The molecule has 0 radical (unpaired) electrons. The number of rotatable bonds is 1. The molecule has 6 rings (SSSR count). The highest BCUT2D eigenvalue weighted by atomic mass is 16.7. The summed E-state index contributed by atoms with van der Waals surface area (Å²) >= 11 is 0. The SMILES string of the molecule is C[N+]1(C)CCc2cc3c(cc2[C@H]1[C@@H]1OC(=O)c2c1ccc1c2OCO1)OCO3. The fraction of sp³-hybridized carbons (Fsp3) is 0.381. The highest BCUT2D eigenvalue weighted by Gasteiger charge is 2.50. The molecule has 2 aromatic carbocycles. The van der Waals surface area contributed by atoms with Gasteiger partial charge in [-0.25, -0.2) is 4.79 Å². The molecule has 4 aliphatic heterocycles. The fourth-order valence-electron chi connectivity index (χ4n) is 4.85. The maximum Gasteiger partial charge on any atom is 0.343 e. The molecule has 0 fully saturated rings. The summed E-state index contributed by atoms with van der Waals surface area (Å²) in [5.74, 6) is 2.28. The van der Waals surface area contributed by atoms with Gasteiger partial charge >= 0.3 is 5.97 Å². The third-order valence-electron chi connectivity index (χ3n) is 6.27. The molecule has 0 spiro atoms. The van der Waals surface area contributed by atoms with Gasteiger partial charge in [-0.15, -0.1) is 0 Å². The lowest BCUT2D eigenvalue weighted by molar-refractivity contribution is -0.927. The van der Waals surface area contributed by atoms with E-state index in [-0.39, 0.29) is 25.6 Å². The quantitative estimate of drug-likeness (QED) is 0.558. The minimum Gasteiger partial charge on any atom is -0.454 e. The van der Waals surface area contributed by atoms with Gasteiger partial charge in [-0.2, -0.15) is 0 Å². The molecule has 0 amide bonds. The Morgan fingerprint density at radius 2 is 1.68 bits per heavy atom. The molecular formula is C21H20NO6+. The van der Waals surface area contributed by atoms with Gasteiger partial charge in [0.25, 0.3) is 0 Å². The molecule has 0 saturated heterocycles. The number of hydrogen-bond donors (Lipinski definition) is 0. The summed E-state index contributed by atoms with van der Waals surface area (Å²) in [6, 6.07) is 7.87. The molecule has 7 nitrogen and oxygen atoms in total. The highest BCUT2D eigenvalue weighted by molar-refractivity contribution is 5.98. The van der Waals surface area contributed by atoms with E-state index >= 15 is 0 Å². The molecule has 7 heteroatoms. The highest BCUT2D eigenvalue weighted by Crippen LogP contribution is 2.53. The number of cyclic esters (lactones) is 1. The largest absolute Gasteiger partial charge is 0.454 e. The molecular weight excluding hydrogens is 362 g/mol. The Morgan fingerprint density at radius 3 is 2.54 bits per heavy atom. The molecule has 0 saturated carbocycles. The van der Waals surface area contributed by atoms with Crippen molar-refractivity contribution in [3.05, 3.63) is 46.5 Å². The van der Waals surface area contributed by atoms with Gasteiger partial charge in [0.15, 0.2) is 35.1 Å². The fourth-order valence-corrected chi connectivity index (χ4v) is 4.85. The van der Waals surface area contributed by atoms with Gasteiger partial charge < -0.3 is 28.2 Å². The predicted molar refractivity (Wildman–Crippen MR) is 96.7 cm³/mol. The second kappa shape index (κ2) is 5.32. The number of quaternary nitrogens is 1. The number of likely N-dealkylation sites (N-methyl/N-ethyl adjacent to an activating group) is 1. The Morgan fingerprint density at radius 1 is 0.929 bits per heavy atom. The first-order valence-corrected chi connectivity index (χ1v) is 9.41. The molecule has 2 atom stereocenters. The number of nitrogens with zero attached hydrogens (tertiary/aromatic N) is 1. The molecule has 0 N–H and O–H groups in total. The Balaban J connectivity index is 1.52. The molecule has 28 heavy (non-hydrogen) atoms.